The summed E-state index contributed by atoms with van der Waals surface area (Å²) in [5, 5.41) is 30.0. The number of rotatable bonds is 4. The first-order chi connectivity index (χ1) is 18.2. The molecule has 3 heterocycles. The molecule has 4 atom stereocenters. The van der Waals surface area contributed by atoms with Gasteiger partial charge in [0.25, 0.3) is 0 Å². The number of aliphatic hydroxyl groups is 2. The Balaban J connectivity index is 1.56. The maximum Gasteiger partial charge on any atom is 0.487 e. The van der Waals surface area contributed by atoms with E-state index >= 15 is 0 Å². The van der Waals surface area contributed by atoms with E-state index in [4.69, 9.17) is 9.07 Å². The summed E-state index contributed by atoms with van der Waals surface area (Å²) in [5.41, 5.74) is -3.93. The molecule has 0 radical (unpaired) electrons. The van der Waals surface area contributed by atoms with Crippen molar-refractivity contribution in [2.75, 3.05) is 11.5 Å². The van der Waals surface area contributed by atoms with Gasteiger partial charge in [-0.1, -0.05) is 0 Å². The molecule has 2 aromatic rings. The van der Waals surface area contributed by atoms with Gasteiger partial charge in [-0.2, -0.15) is 26.3 Å². The van der Waals surface area contributed by atoms with Crippen molar-refractivity contribution < 1.29 is 60.2 Å². The van der Waals surface area contributed by atoms with Crippen LogP contribution in [-0.4, -0.2) is 40.8 Å². The maximum atomic E-state index is 13.6. The smallest absolute Gasteiger partial charge is 0.461 e. The third kappa shape index (κ3) is 4.66. The first kappa shape index (κ1) is 27.4. The number of halogens is 6. The van der Waals surface area contributed by atoms with Crippen LogP contribution >= 0.6 is 0 Å². The zero-order valence-electron chi connectivity index (χ0n) is 19.8. The minimum absolute atomic E-state index is 0.0569. The van der Waals surface area contributed by atoms with Gasteiger partial charge in [-0.15, -0.1) is 0 Å². The number of fused-ring (bicyclic) bond motifs is 3. The van der Waals surface area contributed by atoms with Crippen LogP contribution in [0.4, 0.5) is 32.0 Å². The summed E-state index contributed by atoms with van der Waals surface area (Å²) < 4.78 is 91.8. The first-order valence-corrected chi connectivity index (χ1v) is 11.8. The van der Waals surface area contributed by atoms with E-state index in [0.717, 1.165) is 0 Å². The Kier molecular flexibility index (Phi) is 6.68. The van der Waals surface area contributed by atoms with Gasteiger partial charge in [0.1, 0.15) is 24.2 Å². The second kappa shape index (κ2) is 9.50. The fraction of sp³-hybridized carbons (Fsp3) is 0.417. The highest BCUT2D eigenvalue weighted by Gasteiger charge is 2.58. The van der Waals surface area contributed by atoms with Gasteiger partial charge >= 0.3 is 19.5 Å². The third-order valence-corrected chi connectivity index (χ3v) is 7.39. The Morgan fingerprint density at radius 2 is 1.56 bits per heavy atom. The van der Waals surface area contributed by atoms with Crippen molar-refractivity contribution in [2.45, 2.75) is 37.9 Å². The Hall–Kier alpha value is -3.14. The summed E-state index contributed by atoms with van der Waals surface area (Å²) in [5.74, 6) is -5.07. The Morgan fingerprint density at radius 3 is 2.10 bits per heavy atom. The highest BCUT2D eigenvalue weighted by molar-refractivity contribution is 6.53. The molecule has 1 aromatic heterocycles. The zero-order valence-corrected chi connectivity index (χ0v) is 19.8. The molecule has 2 fully saturated rings. The Morgan fingerprint density at radius 1 is 0.923 bits per heavy atom. The molecular formula is C24H20BF6NO7. The monoisotopic (exact) mass is 559 g/mol. The van der Waals surface area contributed by atoms with Gasteiger partial charge in [-0.05, 0) is 60.1 Å². The summed E-state index contributed by atoms with van der Waals surface area (Å²) in [4.78, 5) is 27.3. The summed E-state index contributed by atoms with van der Waals surface area (Å²) in [6, 6.07) is 3.45. The van der Waals surface area contributed by atoms with E-state index in [2.05, 4.69) is 0 Å². The van der Waals surface area contributed by atoms with Gasteiger partial charge < -0.3 is 24.3 Å². The number of allylic oxidation sites excluding steroid dienone is 1. The normalized spacial score (nSPS) is 25.9. The average Bonchev–Trinajstić information content (AvgIpc) is 3.44. The van der Waals surface area contributed by atoms with Gasteiger partial charge in [0.05, 0.1) is 35.3 Å². The van der Waals surface area contributed by atoms with Crippen molar-refractivity contribution in [2.24, 2.45) is 17.8 Å². The molecule has 3 aliphatic rings. The number of amides is 2. The van der Waals surface area contributed by atoms with Crippen LogP contribution in [-0.2, 0) is 33.2 Å². The molecular weight excluding hydrogens is 539 g/mol. The molecule has 2 saturated heterocycles. The molecule has 5 rings (SSSR count). The van der Waals surface area contributed by atoms with E-state index in [1.54, 1.807) is 0 Å². The van der Waals surface area contributed by atoms with E-state index in [1.165, 1.54) is 12.1 Å². The van der Waals surface area contributed by atoms with Crippen molar-refractivity contribution >= 4 is 24.6 Å². The predicted molar refractivity (Wildman–Crippen MR) is 119 cm³/mol. The molecule has 1 aromatic carbocycles. The quantitative estimate of drug-likeness (QED) is 0.299. The van der Waals surface area contributed by atoms with Crippen molar-refractivity contribution in [3.63, 3.8) is 0 Å². The molecule has 8 nitrogen and oxygen atoms in total. The highest BCUT2D eigenvalue weighted by Crippen LogP contribution is 2.52. The number of imide groups is 1. The summed E-state index contributed by atoms with van der Waals surface area (Å²) in [6.07, 6.45) is -11.7. The lowest BCUT2D eigenvalue weighted by atomic mass is 9.55. The number of furan rings is 1. The van der Waals surface area contributed by atoms with Gasteiger partial charge in [0.2, 0.25) is 11.8 Å². The standard InChI is InChI=1S/C24H20BF6NO7/c26-23(27,28)11-4-12(24(29,30)31)6-13(5-11)32-21(35)16-3-10(8-33)20-15(19(16)22(32)36)7-18(39-25(20)37)17-2-1-14(9-34)38-17/h1-2,4-6,15-16,18-19,33-34,37H,3,7-9H2/t15-,16-,18-,19+/m0/s1. The summed E-state index contributed by atoms with van der Waals surface area (Å²) >= 11 is 0. The summed E-state index contributed by atoms with van der Waals surface area (Å²) in [6.45, 7) is -1.05. The fourth-order valence-corrected chi connectivity index (χ4v) is 5.72. The number of alkyl halides is 6. The molecule has 1 aliphatic carbocycles. The molecule has 0 bridgehead atoms. The number of aliphatic hydroxyl groups excluding tert-OH is 2. The van der Waals surface area contributed by atoms with Crippen LogP contribution in [0.25, 0.3) is 0 Å². The number of carbonyl (C=O) groups is 2. The number of carbonyl (C=O) groups excluding carboxylic acids is 2. The minimum Gasteiger partial charge on any atom is -0.461 e. The number of hydrogen-bond acceptors (Lipinski definition) is 7. The van der Waals surface area contributed by atoms with Crippen molar-refractivity contribution in [3.8, 4) is 0 Å². The van der Waals surface area contributed by atoms with E-state index < -0.39 is 85.2 Å². The van der Waals surface area contributed by atoms with Crippen LogP contribution in [0.5, 0.6) is 0 Å². The topological polar surface area (TPSA) is 120 Å². The van der Waals surface area contributed by atoms with E-state index in [9.17, 15) is 51.2 Å². The van der Waals surface area contributed by atoms with E-state index in [0.29, 0.717) is 17.0 Å². The van der Waals surface area contributed by atoms with Crippen molar-refractivity contribution in [1.29, 1.82) is 0 Å². The van der Waals surface area contributed by atoms with Gasteiger partial charge in [0.15, 0.2) is 0 Å². The lowest BCUT2D eigenvalue weighted by Gasteiger charge is -2.41. The lowest BCUT2D eigenvalue weighted by Crippen LogP contribution is -2.45. The number of hydrogen-bond donors (Lipinski definition) is 3. The summed E-state index contributed by atoms with van der Waals surface area (Å²) in [7, 11) is -1.64. The van der Waals surface area contributed by atoms with Crippen LogP contribution < -0.4 is 4.90 Å². The van der Waals surface area contributed by atoms with E-state index in [-0.39, 0.29) is 41.5 Å². The number of anilines is 1. The SMILES string of the molecule is O=C1[C@H]2[C@H](CC(CO)=C3B(O)O[C@H](c4ccc(CO)o4)C[C@H]32)C(=O)N1c1cc(C(F)(F)F)cc(C(F)(F)F)c1. The van der Waals surface area contributed by atoms with Crippen LogP contribution in [0, 0.1) is 17.8 Å². The van der Waals surface area contributed by atoms with Crippen molar-refractivity contribution in [1.82, 2.24) is 0 Å². The molecule has 0 saturated carbocycles. The molecule has 2 aliphatic heterocycles. The maximum absolute atomic E-state index is 13.6. The molecule has 0 spiro atoms. The van der Waals surface area contributed by atoms with E-state index in [1.807, 2.05) is 0 Å². The molecule has 208 valence electrons. The molecule has 39 heavy (non-hydrogen) atoms. The second-order valence-electron chi connectivity index (χ2n) is 9.61. The van der Waals surface area contributed by atoms with Gasteiger partial charge in [-0.25, -0.2) is 4.90 Å². The second-order valence-corrected chi connectivity index (χ2v) is 9.61. The minimum atomic E-state index is -5.19. The predicted octanol–water partition coefficient (Wildman–Crippen LogP) is 3.41. The zero-order chi connectivity index (χ0) is 28.4. The Labute approximate surface area is 216 Å². The van der Waals surface area contributed by atoms with Crippen LogP contribution in [0.1, 0.15) is 41.6 Å². The molecule has 3 N–H and O–H groups in total. The lowest BCUT2D eigenvalue weighted by molar-refractivity contribution is -0.143. The number of benzene rings is 1. The van der Waals surface area contributed by atoms with Crippen molar-refractivity contribution in [3.05, 3.63) is 64.0 Å². The fourth-order valence-electron chi connectivity index (χ4n) is 5.72. The third-order valence-electron chi connectivity index (χ3n) is 7.39. The van der Waals surface area contributed by atoms with Crippen LogP contribution in [0.3, 0.4) is 0 Å². The van der Waals surface area contributed by atoms with Gasteiger partial charge in [0, 0.05) is 0 Å². The molecule has 2 amide bonds. The average molecular weight is 559 g/mol. The Bertz CT molecular complexity index is 1320. The largest absolute Gasteiger partial charge is 0.487 e. The van der Waals surface area contributed by atoms with Gasteiger partial charge in [-0.3, -0.25) is 9.59 Å². The molecule has 15 heteroatoms. The highest BCUT2D eigenvalue weighted by atomic mass is 19.4. The van der Waals surface area contributed by atoms with Crippen LogP contribution in [0.2, 0.25) is 0 Å². The molecule has 0 unspecified atom stereocenters. The first-order valence-electron chi connectivity index (χ1n) is 11.8. The van der Waals surface area contributed by atoms with Crippen LogP contribution in [0.15, 0.2) is 45.8 Å². The number of nitrogens with zero attached hydrogens (tertiary/aromatic N) is 1.